The Morgan fingerprint density at radius 3 is 2.00 bits per heavy atom. The molecule has 1 heterocycles. The minimum absolute atomic E-state index is 0.0457. The molecule has 0 spiro atoms. The lowest BCUT2D eigenvalue weighted by Gasteiger charge is -2.37. The zero-order chi connectivity index (χ0) is 20.1. The van der Waals surface area contributed by atoms with E-state index < -0.39 is 0 Å². The molecule has 1 N–H and O–H groups in total. The fourth-order valence-corrected chi connectivity index (χ4v) is 3.90. The summed E-state index contributed by atoms with van der Waals surface area (Å²) in [6, 6.07) is 29.0. The molecule has 4 heteroatoms. The Balaban J connectivity index is 1.32. The van der Waals surface area contributed by atoms with Gasteiger partial charge in [0.1, 0.15) is 0 Å². The van der Waals surface area contributed by atoms with Crippen LogP contribution in [-0.4, -0.2) is 37.1 Å². The molecule has 0 saturated carbocycles. The van der Waals surface area contributed by atoms with Gasteiger partial charge in [0.2, 0.25) is 0 Å². The second kappa shape index (κ2) is 8.82. The van der Waals surface area contributed by atoms with E-state index >= 15 is 0 Å². The SMILES string of the molecule is CN(C(=O)Nc1ccc(-c2ccccc2)cc1)C1CCN(c2ccccc2)CC1. The van der Waals surface area contributed by atoms with Gasteiger partial charge in [0, 0.05) is 37.6 Å². The Morgan fingerprint density at radius 1 is 0.828 bits per heavy atom. The smallest absolute Gasteiger partial charge is 0.321 e. The number of nitrogens with zero attached hydrogens (tertiary/aromatic N) is 2. The van der Waals surface area contributed by atoms with Crippen molar-refractivity contribution in [3.8, 4) is 11.1 Å². The molecule has 2 amide bonds. The number of anilines is 2. The first-order chi connectivity index (χ1) is 14.2. The van der Waals surface area contributed by atoms with Crippen LogP contribution in [0.2, 0.25) is 0 Å². The molecule has 0 atom stereocenters. The molecule has 1 saturated heterocycles. The van der Waals surface area contributed by atoms with Crippen LogP contribution in [0.15, 0.2) is 84.9 Å². The monoisotopic (exact) mass is 385 g/mol. The number of nitrogens with one attached hydrogen (secondary N) is 1. The fraction of sp³-hybridized carbons (Fsp3) is 0.240. The van der Waals surface area contributed by atoms with Gasteiger partial charge in [-0.15, -0.1) is 0 Å². The van der Waals surface area contributed by atoms with Crippen LogP contribution >= 0.6 is 0 Å². The molecule has 4 nitrogen and oxygen atoms in total. The van der Waals surface area contributed by atoms with E-state index in [1.54, 1.807) is 0 Å². The lowest BCUT2D eigenvalue weighted by Crippen LogP contribution is -2.47. The van der Waals surface area contributed by atoms with E-state index in [1.165, 1.54) is 11.3 Å². The number of para-hydroxylation sites is 1. The summed E-state index contributed by atoms with van der Waals surface area (Å²) < 4.78 is 0. The van der Waals surface area contributed by atoms with Crippen molar-refractivity contribution < 1.29 is 4.79 Å². The zero-order valence-corrected chi connectivity index (χ0v) is 16.8. The molecule has 0 radical (unpaired) electrons. The predicted molar refractivity (Wildman–Crippen MR) is 120 cm³/mol. The first-order valence-electron chi connectivity index (χ1n) is 10.2. The maximum Gasteiger partial charge on any atom is 0.321 e. The molecule has 1 aliphatic heterocycles. The van der Waals surface area contributed by atoms with Gasteiger partial charge in [0.25, 0.3) is 0 Å². The van der Waals surface area contributed by atoms with Crippen LogP contribution in [0.25, 0.3) is 11.1 Å². The summed E-state index contributed by atoms with van der Waals surface area (Å²) in [5.41, 5.74) is 4.40. The van der Waals surface area contributed by atoms with Crippen LogP contribution in [0.1, 0.15) is 12.8 Å². The fourth-order valence-electron chi connectivity index (χ4n) is 3.90. The molecule has 1 aliphatic rings. The lowest BCUT2D eigenvalue weighted by atomic mass is 10.0. The molecular weight excluding hydrogens is 358 g/mol. The molecule has 1 fully saturated rings. The van der Waals surface area contributed by atoms with E-state index in [1.807, 2.05) is 60.5 Å². The Morgan fingerprint density at radius 2 is 1.38 bits per heavy atom. The van der Waals surface area contributed by atoms with Crippen molar-refractivity contribution in [2.45, 2.75) is 18.9 Å². The van der Waals surface area contributed by atoms with Crippen molar-refractivity contribution in [2.75, 3.05) is 30.4 Å². The highest BCUT2D eigenvalue weighted by Crippen LogP contribution is 2.23. The van der Waals surface area contributed by atoms with Crippen LogP contribution in [0.3, 0.4) is 0 Å². The van der Waals surface area contributed by atoms with Crippen LogP contribution in [0.4, 0.5) is 16.2 Å². The van der Waals surface area contributed by atoms with Crippen LogP contribution < -0.4 is 10.2 Å². The maximum absolute atomic E-state index is 12.7. The normalized spacial score (nSPS) is 14.4. The molecule has 4 rings (SSSR count). The van der Waals surface area contributed by atoms with Gasteiger partial charge in [-0.1, -0.05) is 60.7 Å². The van der Waals surface area contributed by atoms with Crippen molar-refractivity contribution in [3.63, 3.8) is 0 Å². The third kappa shape index (κ3) is 4.60. The number of urea groups is 1. The molecule has 0 aliphatic carbocycles. The summed E-state index contributed by atoms with van der Waals surface area (Å²) in [7, 11) is 1.90. The topological polar surface area (TPSA) is 35.6 Å². The standard InChI is InChI=1S/C25H27N3O/c1-27(23-16-18-28(19-17-23)24-10-6-3-7-11-24)25(29)26-22-14-12-21(13-15-22)20-8-4-2-5-9-20/h2-15,23H,16-19H2,1H3,(H,26,29). The zero-order valence-electron chi connectivity index (χ0n) is 16.8. The van der Waals surface area contributed by atoms with Crippen molar-refractivity contribution in [3.05, 3.63) is 84.9 Å². The Hall–Kier alpha value is -3.27. The summed E-state index contributed by atoms with van der Waals surface area (Å²) in [4.78, 5) is 17.0. The molecule has 0 aromatic heterocycles. The van der Waals surface area contributed by atoms with E-state index in [2.05, 4.69) is 46.6 Å². The van der Waals surface area contributed by atoms with Gasteiger partial charge in [-0.05, 0) is 48.2 Å². The quantitative estimate of drug-likeness (QED) is 0.645. The number of carbonyl (C=O) groups excluding carboxylic acids is 1. The Kier molecular flexibility index (Phi) is 5.80. The summed E-state index contributed by atoms with van der Waals surface area (Å²) >= 11 is 0. The average Bonchev–Trinajstić information content (AvgIpc) is 2.80. The van der Waals surface area contributed by atoms with Gasteiger partial charge in [0.05, 0.1) is 0 Å². The second-order valence-corrected chi connectivity index (χ2v) is 7.54. The number of carbonyl (C=O) groups is 1. The van der Waals surface area contributed by atoms with Crippen molar-refractivity contribution >= 4 is 17.4 Å². The maximum atomic E-state index is 12.7. The molecule has 29 heavy (non-hydrogen) atoms. The van der Waals surface area contributed by atoms with Crippen LogP contribution in [0.5, 0.6) is 0 Å². The number of hydrogen-bond acceptors (Lipinski definition) is 2. The molecular formula is C25H27N3O. The number of amides is 2. The van der Waals surface area contributed by atoms with Gasteiger partial charge in [-0.2, -0.15) is 0 Å². The van der Waals surface area contributed by atoms with Crippen LogP contribution in [0, 0.1) is 0 Å². The Labute approximate surface area is 172 Å². The van der Waals surface area contributed by atoms with Crippen LogP contribution in [-0.2, 0) is 0 Å². The predicted octanol–water partition coefficient (Wildman–Crippen LogP) is 5.49. The number of hydrogen-bond donors (Lipinski definition) is 1. The van der Waals surface area contributed by atoms with Crippen molar-refractivity contribution in [2.24, 2.45) is 0 Å². The van der Waals surface area contributed by atoms with Gasteiger partial charge in [0.15, 0.2) is 0 Å². The highest BCUT2D eigenvalue weighted by Gasteiger charge is 2.25. The van der Waals surface area contributed by atoms with Crippen molar-refractivity contribution in [1.82, 2.24) is 4.90 Å². The summed E-state index contributed by atoms with van der Waals surface area (Å²) in [5.74, 6) is 0. The number of piperidine rings is 1. The van der Waals surface area contributed by atoms with E-state index in [0.717, 1.165) is 37.2 Å². The largest absolute Gasteiger partial charge is 0.371 e. The summed E-state index contributed by atoms with van der Waals surface area (Å²) in [6.45, 7) is 1.94. The summed E-state index contributed by atoms with van der Waals surface area (Å²) in [6.07, 6.45) is 1.96. The van der Waals surface area contributed by atoms with E-state index in [9.17, 15) is 4.79 Å². The van der Waals surface area contributed by atoms with Crippen molar-refractivity contribution in [1.29, 1.82) is 0 Å². The van der Waals surface area contributed by atoms with Gasteiger partial charge >= 0.3 is 6.03 Å². The van der Waals surface area contributed by atoms with Gasteiger partial charge in [-0.25, -0.2) is 4.79 Å². The first kappa shape index (κ1) is 19.1. The molecule has 0 unspecified atom stereocenters. The van der Waals surface area contributed by atoms with E-state index in [0.29, 0.717) is 0 Å². The first-order valence-corrected chi connectivity index (χ1v) is 10.2. The highest BCUT2D eigenvalue weighted by molar-refractivity contribution is 5.89. The molecule has 0 bridgehead atoms. The third-order valence-corrected chi connectivity index (χ3v) is 5.70. The third-order valence-electron chi connectivity index (χ3n) is 5.70. The minimum Gasteiger partial charge on any atom is -0.371 e. The minimum atomic E-state index is -0.0457. The van der Waals surface area contributed by atoms with E-state index in [4.69, 9.17) is 0 Å². The Bertz CT molecular complexity index is 917. The van der Waals surface area contributed by atoms with Gasteiger partial charge in [-0.3, -0.25) is 0 Å². The number of rotatable bonds is 4. The highest BCUT2D eigenvalue weighted by atomic mass is 16.2. The average molecular weight is 386 g/mol. The molecule has 148 valence electrons. The lowest BCUT2D eigenvalue weighted by molar-refractivity contribution is 0.193. The molecule has 3 aromatic carbocycles. The van der Waals surface area contributed by atoms with Gasteiger partial charge < -0.3 is 15.1 Å². The molecule has 3 aromatic rings. The van der Waals surface area contributed by atoms with E-state index in [-0.39, 0.29) is 12.1 Å². The second-order valence-electron chi connectivity index (χ2n) is 7.54. The summed E-state index contributed by atoms with van der Waals surface area (Å²) in [5, 5.41) is 3.03. The number of benzene rings is 3.